The maximum Gasteiger partial charge on any atom is 0.0846 e. The van der Waals surface area contributed by atoms with Crippen LogP contribution in [0.25, 0.3) is 0 Å². The summed E-state index contributed by atoms with van der Waals surface area (Å²) in [4.78, 5) is 1.23. The van der Waals surface area contributed by atoms with Gasteiger partial charge in [-0.25, -0.2) is 0 Å². The fourth-order valence-electron chi connectivity index (χ4n) is 1.91. The molecule has 0 fully saturated rings. The largest absolute Gasteiger partial charge is 0.271 e. The third-order valence-electron chi connectivity index (χ3n) is 2.78. The summed E-state index contributed by atoms with van der Waals surface area (Å²) in [7, 11) is 1.86. The summed E-state index contributed by atoms with van der Waals surface area (Å²) in [5, 5.41) is 8.03. The van der Waals surface area contributed by atoms with Gasteiger partial charge in [0.15, 0.2) is 0 Å². The van der Waals surface area contributed by atoms with Crippen molar-refractivity contribution in [2.24, 2.45) is 12.9 Å². The Labute approximate surface area is 111 Å². The zero-order valence-corrected chi connectivity index (χ0v) is 11.3. The van der Waals surface area contributed by atoms with Crippen LogP contribution in [0.5, 0.6) is 0 Å². The van der Waals surface area contributed by atoms with Crippen LogP contribution >= 0.6 is 11.8 Å². The van der Waals surface area contributed by atoms with Crippen LogP contribution in [0.2, 0.25) is 0 Å². The third kappa shape index (κ3) is 2.90. The summed E-state index contributed by atoms with van der Waals surface area (Å²) >= 11 is 1.72. The highest BCUT2D eigenvalue weighted by Gasteiger charge is 2.15. The molecule has 1 aromatic carbocycles. The van der Waals surface area contributed by atoms with Crippen molar-refractivity contribution in [1.29, 1.82) is 0 Å². The van der Waals surface area contributed by atoms with Gasteiger partial charge >= 0.3 is 0 Å². The lowest BCUT2D eigenvalue weighted by Crippen LogP contribution is -2.30. The van der Waals surface area contributed by atoms with Gasteiger partial charge in [0.2, 0.25) is 0 Å². The summed E-state index contributed by atoms with van der Waals surface area (Å²) in [6, 6.07) is 8.29. The van der Waals surface area contributed by atoms with Gasteiger partial charge in [-0.2, -0.15) is 0 Å². The minimum atomic E-state index is 0.0466. The first kappa shape index (κ1) is 13.1. The lowest BCUT2D eigenvalue weighted by atomic mass is 10.0. The van der Waals surface area contributed by atoms with E-state index in [-0.39, 0.29) is 6.04 Å². The molecule has 1 aromatic heterocycles. The van der Waals surface area contributed by atoms with Gasteiger partial charge in [-0.05, 0) is 17.9 Å². The van der Waals surface area contributed by atoms with Crippen molar-refractivity contribution in [3.8, 4) is 0 Å². The molecule has 0 bridgehead atoms. The molecule has 1 heterocycles. The molecule has 18 heavy (non-hydrogen) atoms. The van der Waals surface area contributed by atoms with E-state index in [1.807, 2.05) is 25.4 Å². The lowest BCUT2D eigenvalue weighted by molar-refractivity contribution is 0.538. The van der Waals surface area contributed by atoms with Gasteiger partial charge in [-0.1, -0.05) is 23.4 Å². The number of benzene rings is 1. The molecular weight excluding hydrogens is 246 g/mol. The van der Waals surface area contributed by atoms with E-state index < -0.39 is 0 Å². The second-order valence-electron chi connectivity index (χ2n) is 4.05. The molecule has 5 nitrogen and oxygen atoms in total. The number of aryl methyl sites for hydroxylation is 1. The first-order valence-corrected chi connectivity index (χ1v) is 6.91. The van der Waals surface area contributed by atoms with E-state index in [0.29, 0.717) is 0 Å². The Hall–Kier alpha value is -1.37. The molecule has 0 amide bonds. The molecule has 0 aliphatic carbocycles. The first-order chi connectivity index (χ1) is 8.74. The summed E-state index contributed by atoms with van der Waals surface area (Å²) in [5.41, 5.74) is 4.98. The molecule has 2 aromatic rings. The van der Waals surface area contributed by atoms with Crippen molar-refractivity contribution < 1.29 is 0 Å². The normalized spacial score (nSPS) is 12.6. The number of hydrogen-bond acceptors (Lipinski definition) is 5. The SMILES string of the molecule is CSc1ccccc1C(Cc1cn(C)nn1)NN. The molecule has 0 radical (unpaired) electrons. The smallest absolute Gasteiger partial charge is 0.0846 e. The molecule has 0 spiro atoms. The van der Waals surface area contributed by atoms with Crippen LogP contribution in [0.1, 0.15) is 17.3 Å². The summed E-state index contributed by atoms with van der Waals surface area (Å²) < 4.78 is 1.70. The molecule has 2 rings (SSSR count). The van der Waals surface area contributed by atoms with E-state index in [4.69, 9.17) is 5.84 Å². The van der Waals surface area contributed by atoms with Crippen LogP contribution in [0.3, 0.4) is 0 Å². The van der Waals surface area contributed by atoms with Crippen molar-refractivity contribution in [1.82, 2.24) is 20.4 Å². The molecule has 3 N–H and O–H groups in total. The van der Waals surface area contributed by atoms with Crippen molar-refractivity contribution in [3.63, 3.8) is 0 Å². The maximum absolute atomic E-state index is 5.67. The van der Waals surface area contributed by atoms with E-state index >= 15 is 0 Å². The molecule has 96 valence electrons. The van der Waals surface area contributed by atoms with Gasteiger partial charge in [0.05, 0.1) is 11.7 Å². The van der Waals surface area contributed by atoms with Gasteiger partial charge in [-0.3, -0.25) is 16.0 Å². The van der Waals surface area contributed by atoms with Crippen molar-refractivity contribution >= 4 is 11.8 Å². The maximum atomic E-state index is 5.67. The minimum Gasteiger partial charge on any atom is -0.271 e. The first-order valence-electron chi connectivity index (χ1n) is 5.69. The fourth-order valence-corrected chi connectivity index (χ4v) is 2.57. The van der Waals surface area contributed by atoms with E-state index in [0.717, 1.165) is 12.1 Å². The van der Waals surface area contributed by atoms with Gasteiger partial charge in [-0.15, -0.1) is 16.9 Å². The summed E-state index contributed by atoms with van der Waals surface area (Å²) in [6.07, 6.45) is 4.70. The monoisotopic (exact) mass is 263 g/mol. The minimum absolute atomic E-state index is 0.0466. The van der Waals surface area contributed by atoms with Crippen LogP contribution in [0.15, 0.2) is 35.4 Å². The second-order valence-corrected chi connectivity index (χ2v) is 4.90. The molecule has 1 atom stereocenters. The highest BCUT2D eigenvalue weighted by molar-refractivity contribution is 7.98. The van der Waals surface area contributed by atoms with Crippen LogP contribution < -0.4 is 11.3 Å². The Morgan fingerprint density at radius 3 is 2.83 bits per heavy atom. The lowest BCUT2D eigenvalue weighted by Gasteiger charge is -2.17. The van der Waals surface area contributed by atoms with Crippen molar-refractivity contribution in [2.45, 2.75) is 17.4 Å². The van der Waals surface area contributed by atoms with Crippen molar-refractivity contribution in [2.75, 3.05) is 6.26 Å². The van der Waals surface area contributed by atoms with Crippen LogP contribution in [-0.2, 0) is 13.5 Å². The van der Waals surface area contributed by atoms with Gasteiger partial charge in [0.25, 0.3) is 0 Å². The second kappa shape index (κ2) is 5.99. The van der Waals surface area contributed by atoms with E-state index in [2.05, 4.69) is 34.1 Å². The molecule has 0 saturated heterocycles. The predicted octanol–water partition coefficient (Wildman–Crippen LogP) is 1.28. The number of nitrogens with zero attached hydrogens (tertiary/aromatic N) is 3. The highest BCUT2D eigenvalue weighted by atomic mass is 32.2. The van der Waals surface area contributed by atoms with Crippen LogP contribution in [0, 0.1) is 0 Å². The van der Waals surface area contributed by atoms with E-state index in [9.17, 15) is 0 Å². The molecular formula is C12H17N5S. The predicted molar refractivity (Wildman–Crippen MR) is 73.0 cm³/mol. The average molecular weight is 263 g/mol. The summed E-state index contributed by atoms with van der Waals surface area (Å²) in [5.74, 6) is 5.67. The zero-order valence-electron chi connectivity index (χ0n) is 10.5. The number of nitrogens with one attached hydrogen (secondary N) is 1. The fraction of sp³-hybridized carbons (Fsp3) is 0.333. The number of hydrogen-bond donors (Lipinski definition) is 2. The third-order valence-corrected chi connectivity index (χ3v) is 3.59. The van der Waals surface area contributed by atoms with Crippen LogP contribution in [-0.4, -0.2) is 21.2 Å². The number of hydrazine groups is 1. The quantitative estimate of drug-likeness (QED) is 0.483. The highest BCUT2D eigenvalue weighted by Crippen LogP contribution is 2.27. The standard InChI is InChI=1S/C12H17N5S/c1-17-8-9(15-16-17)7-11(14-13)10-5-3-4-6-12(10)18-2/h3-6,8,11,14H,7,13H2,1-2H3. The topological polar surface area (TPSA) is 68.8 Å². The molecule has 6 heteroatoms. The molecule has 1 unspecified atom stereocenters. The Morgan fingerprint density at radius 1 is 1.44 bits per heavy atom. The number of aromatic nitrogens is 3. The number of thioether (sulfide) groups is 1. The Kier molecular flexibility index (Phi) is 4.35. The number of nitrogens with two attached hydrogens (primary N) is 1. The molecule has 0 aliphatic rings. The summed E-state index contributed by atoms with van der Waals surface area (Å²) in [6.45, 7) is 0. The molecule has 0 aliphatic heterocycles. The van der Waals surface area contributed by atoms with Crippen LogP contribution in [0.4, 0.5) is 0 Å². The van der Waals surface area contributed by atoms with E-state index in [1.54, 1.807) is 16.4 Å². The van der Waals surface area contributed by atoms with Crippen molar-refractivity contribution in [3.05, 3.63) is 41.7 Å². The van der Waals surface area contributed by atoms with Gasteiger partial charge in [0, 0.05) is 24.6 Å². The van der Waals surface area contributed by atoms with Gasteiger partial charge < -0.3 is 0 Å². The average Bonchev–Trinajstić information content (AvgIpc) is 2.81. The van der Waals surface area contributed by atoms with Gasteiger partial charge in [0.1, 0.15) is 0 Å². The molecule has 0 saturated carbocycles. The Balaban J connectivity index is 2.22. The zero-order chi connectivity index (χ0) is 13.0. The Bertz CT molecular complexity index is 511. The Morgan fingerprint density at radius 2 is 2.22 bits per heavy atom. The number of rotatable bonds is 5. The van der Waals surface area contributed by atoms with E-state index in [1.165, 1.54) is 10.5 Å².